The SMILES string of the molecule is CCCc1c(NN)ncnc1Oc1ccc(Br)cc1Cl. The standard InChI is InChI=1S/C13H14BrClN4O/c1-2-3-9-12(19-16)17-7-18-13(9)20-11-5-4-8(14)6-10(11)15/h4-7H,2-3,16H2,1H3,(H,17,18,19). The van der Waals surface area contributed by atoms with Gasteiger partial charge in [-0.3, -0.25) is 0 Å². The Kier molecular flexibility index (Phi) is 5.17. The quantitative estimate of drug-likeness (QED) is 0.626. The van der Waals surface area contributed by atoms with Crippen molar-refractivity contribution in [1.29, 1.82) is 0 Å². The fraction of sp³-hybridized carbons (Fsp3) is 0.231. The van der Waals surface area contributed by atoms with Gasteiger partial charge in [-0.2, -0.15) is 0 Å². The molecule has 2 aromatic rings. The van der Waals surface area contributed by atoms with Crippen LogP contribution >= 0.6 is 27.5 Å². The van der Waals surface area contributed by atoms with E-state index < -0.39 is 0 Å². The van der Waals surface area contributed by atoms with E-state index >= 15 is 0 Å². The Bertz CT molecular complexity index is 609. The lowest BCUT2D eigenvalue weighted by Gasteiger charge is -2.13. The third-order valence-electron chi connectivity index (χ3n) is 2.64. The zero-order chi connectivity index (χ0) is 14.5. The van der Waals surface area contributed by atoms with Crippen LogP contribution in [0.25, 0.3) is 0 Å². The molecule has 1 aromatic heterocycles. The number of anilines is 1. The smallest absolute Gasteiger partial charge is 0.227 e. The fourth-order valence-electron chi connectivity index (χ4n) is 1.75. The molecule has 0 spiro atoms. The van der Waals surface area contributed by atoms with Crippen molar-refractivity contribution >= 4 is 33.3 Å². The average Bonchev–Trinajstić information content (AvgIpc) is 2.43. The van der Waals surface area contributed by atoms with Gasteiger partial charge in [-0.1, -0.05) is 40.9 Å². The minimum atomic E-state index is 0.457. The summed E-state index contributed by atoms with van der Waals surface area (Å²) in [4.78, 5) is 8.25. The van der Waals surface area contributed by atoms with Gasteiger partial charge < -0.3 is 10.2 Å². The number of aromatic nitrogens is 2. The Morgan fingerprint density at radius 1 is 1.40 bits per heavy atom. The highest BCUT2D eigenvalue weighted by molar-refractivity contribution is 9.10. The maximum absolute atomic E-state index is 6.14. The highest BCUT2D eigenvalue weighted by atomic mass is 79.9. The molecule has 20 heavy (non-hydrogen) atoms. The number of hydrogen-bond acceptors (Lipinski definition) is 5. The molecule has 0 aliphatic rings. The number of hydrogen-bond donors (Lipinski definition) is 2. The number of nitrogen functional groups attached to an aromatic ring is 1. The first-order valence-electron chi connectivity index (χ1n) is 6.09. The van der Waals surface area contributed by atoms with E-state index in [2.05, 4.69) is 38.2 Å². The summed E-state index contributed by atoms with van der Waals surface area (Å²) in [5, 5.41) is 0.502. The van der Waals surface area contributed by atoms with Crippen LogP contribution in [0.4, 0.5) is 5.82 Å². The molecule has 0 bridgehead atoms. The van der Waals surface area contributed by atoms with Crippen molar-refractivity contribution in [3.63, 3.8) is 0 Å². The second-order valence-electron chi connectivity index (χ2n) is 4.08. The predicted molar refractivity (Wildman–Crippen MR) is 83.1 cm³/mol. The van der Waals surface area contributed by atoms with Gasteiger partial charge in [0.1, 0.15) is 17.9 Å². The van der Waals surface area contributed by atoms with E-state index in [0.717, 1.165) is 22.9 Å². The second-order valence-corrected chi connectivity index (χ2v) is 5.40. The topological polar surface area (TPSA) is 73.1 Å². The van der Waals surface area contributed by atoms with Crippen LogP contribution in [0.3, 0.4) is 0 Å². The lowest BCUT2D eigenvalue weighted by Crippen LogP contribution is -2.12. The van der Waals surface area contributed by atoms with Gasteiger partial charge in [-0.15, -0.1) is 0 Å². The average molecular weight is 358 g/mol. The zero-order valence-corrected chi connectivity index (χ0v) is 13.2. The summed E-state index contributed by atoms with van der Waals surface area (Å²) in [6, 6.07) is 5.39. The third-order valence-corrected chi connectivity index (χ3v) is 3.43. The van der Waals surface area contributed by atoms with E-state index in [1.165, 1.54) is 6.33 Å². The molecule has 1 aromatic carbocycles. The number of halogens is 2. The molecule has 0 saturated carbocycles. The van der Waals surface area contributed by atoms with Crippen molar-refractivity contribution in [2.24, 2.45) is 5.84 Å². The predicted octanol–water partition coefficient (Wildman–Crippen LogP) is 3.92. The Hall–Kier alpha value is -1.37. The number of benzene rings is 1. The summed E-state index contributed by atoms with van der Waals surface area (Å²) >= 11 is 9.50. The van der Waals surface area contributed by atoms with Crippen LogP contribution in [0.2, 0.25) is 5.02 Å². The Morgan fingerprint density at radius 3 is 2.85 bits per heavy atom. The molecule has 0 atom stereocenters. The molecule has 0 saturated heterocycles. The zero-order valence-electron chi connectivity index (χ0n) is 10.9. The molecular weight excluding hydrogens is 344 g/mol. The van der Waals surface area contributed by atoms with E-state index in [9.17, 15) is 0 Å². The van der Waals surface area contributed by atoms with Crippen LogP contribution in [-0.4, -0.2) is 9.97 Å². The molecule has 7 heteroatoms. The maximum atomic E-state index is 6.14. The van der Waals surface area contributed by atoms with Crippen molar-refractivity contribution < 1.29 is 4.74 Å². The van der Waals surface area contributed by atoms with Crippen molar-refractivity contribution in [3.05, 3.63) is 39.6 Å². The summed E-state index contributed by atoms with van der Waals surface area (Å²) in [6.07, 6.45) is 3.08. The maximum Gasteiger partial charge on any atom is 0.227 e. The monoisotopic (exact) mass is 356 g/mol. The van der Waals surface area contributed by atoms with Crippen LogP contribution in [0.5, 0.6) is 11.6 Å². The number of nitrogens with zero attached hydrogens (tertiary/aromatic N) is 2. The van der Waals surface area contributed by atoms with E-state index in [1.54, 1.807) is 12.1 Å². The lowest BCUT2D eigenvalue weighted by atomic mass is 10.2. The van der Waals surface area contributed by atoms with Gasteiger partial charge in [0.05, 0.1) is 10.6 Å². The molecule has 3 N–H and O–H groups in total. The van der Waals surface area contributed by atoms with Crippen molar-refractivity contribution in [2.75, 3.05) is 5.43 Å². The number of ether oxygens (including phenoxy) is 1. The highest BCUT2D eigenvalue weighted by Gasteiger charge is 2.13. The Balaban J connectivity index is 2.37. The molecule has 5 nitrogen and oxygen atoms in total. The minimum absolute atomic E-state index is 0.457. The highest BCUT2D eigenvalue weighted by Crippen LogP contribution is 2.33. The van der Waals surface area contributed by atoms with E-state index in [-0.39, 0.29) is 0 Å². The van der Waals surface area contributed by atoms with Crippen LogP contribution in [0.15, 0.2) is 29.0 Å². The van der Waals surface area contributed by atoms with E-state index in [1.807, 2.05) is 6.07 Å². The molecule has 1 heterocycles. The van der Waals surface area contributed by atoms with Gasteiger partial charge in [0.2, 0.25) is 5.88 Å². The number of nitrogens with one attached hydrogen (secondary N) is 1. The van der Waals surface area contributed by atoms with Crippen molar-refractivity contribution in [3.8, 4) is 11.6 Å². The largest absolute Gasteiger partial charge is 0.437 e. The molecule has 0 fully saturated rings. The van der Waals surface area contributed by atoms with Crippen LogP contribution in [-0.2, 0) is 6.42 Å². The first-order valence-corrected chi connectivity index (χ1v) is 7.26. The van der Waals surface area contributed by atoms with Gasteiger partial charge in [-0.05, 0) is 24.6 Å². The molecule has 0 radical (unpaired) electrons. The minimum Gasteiger partial charge on any atom is -0.437 e. The molecule has 0 aliphatic carbocycles. The second kappa shape index (κ2) is 6.88. The van der Waals surface area contributed by atoms with Crippen LogP contribution in [0.1, 0.15) is 18.9 Å². The van der Waals surface area contributed by atoms with Crippen molar-refractivity contribution in [1.82, 2.24) is 9.97 Å². The van der Waals surface area contributed by atoms with Gasteiger partial charge in [0, 0.05) is 4.47 Å². The van der Waals surface area contributed by atoms with Gasteiger partial charge in [0.25, 0.3) is 0 Å². The molecule has 0 aliphatic heterocycles. The molecule has 106 valence electrons. The third kappa shape index (κ3) is 3.39. The van der Waals surface area contributed by atoms with Crippen molar-refractivity contribution in [2.45, 2.75) is 19.8 Å². The Morgan fingerprint density at radius 2 is 2.20 bits per heavy atom. The number of hydrazine groups is 1. The van der Waals surface area contributed by atoms with Crippen LogP contribution < -0.4 is 16.0 Å². The number of rotatable bonds is 5. The molecule has 2 rings (SSSR count). The van der Waals surface area contributed by atoms with E-state index in [0.29, 0.717) is 22.5 Å². The summed E-state index contributed by atoms with van der Waals surface area (Å²) in [7, 11) is 0. The van der Waals surface area contributed by atoms with Gasteiger partial charge in [0.15, 0.2) is 0 Å². The summed E-state index contributed by atoms with van der Waals surface area (Å²) in [5.74, 6) is 7.02. The van der Waals surface area contributed by atoms with E-state index in [4.69, 9.17) is 22.2 Å². The van der Waals surface area contributed by atoms with Gasteiger partial charge in [-0.25, -0.2) is 15.8 Å². The lowest BCUT2D eigenvalue weighted by molar-refractivity contribution is 0.454. The normalized spacial score (nSPS) is 10.4. The summed E-state index contributed by atoms with van der Waals surface area (Å²) in [5.41, 5.74) is 3.39. The molecule has 0 unspecified atom stereocenters. The number of nitrogens with two attached hydrogens (primary N) is 1. The van der Waals surface area contributed by atoms with Crippen LogP contribution in [0, 0.1) is 0 Å². The fourth-order valence-corrected chi connectivity index (χ4v) is 2.46. The van der Waals surface area contributed by atoms with Gasteiger partial charge >= 0.3 is 0 Å². The first-order chi connectivity index (χ1) is 9.65. The molecular formula is C13H14BrClN4O. The Labute approximate surface area is 130 Å². The summed E-state index contributed by atoms with van der Waals surface area (Å²) in [6.45, 7) is 2.06. The summed E-state index contributed by atoms with van der Waals surface area (Å²) < 4.78 is 6.68. The molecule has 0 amide bonds. The first kappa shape index (κ1) is 15.0.